The van der Waals surface area contributed by atoms with E-state index in [9.17, 15) is 9.59 Å². The summed E-state index contributed by atoms with van der Waals surface area (Å²) >= 11 is 0. The molecule has 0 amide bonds. The van der Waals surface area contributed by atoms with Crippen LogP contribution in [0, 0.1) is 0 Å². The van der Waals surface area contributed by atoms with Gasteiger partial charge in [-0.1, -0.05) is 6.58 Å². The van der Waals surface area contributed by atoms with Gasteiger partial charge in [0.1, 0.15) is 5.60 Å². The third-order valence-electron chi connectivity index (χ3n) is 1.80. The first kappa shape index (κ1) is 14.3. The van der Waals surface area contributed by atoms with E-state index in [-0.39, 0.29) is 18.0 Å². The molecule has 15 heavy (non-hydrogen) atoms. The average Bonchev–Trinajstić information content (AvgIpc) is 1.99. The molecule has 0 aliphatic heterocycles. The minimum Gasteiger partial charge on any atom is -0.406 e. The van der Waals surface area contributed by atoms with Gasteiger partial charge in [0.15, 0.2) is 19.9 Å². The molecule has 0 rings (SSSR count). The van der Waals surface area contributed by atoms with Gasteiger partial charge in [0, 0.05) is 0 Å². The Balaban J connectivity index is 4.52. The Labute approximate surface area is 92.6 Å². The smallest absolute Gasteiger partial charge is 0.185 e. The molecule has 86 valence electrons. The van der Waals surface area contributed by atoms with Crippen LogP contribution >= 0.6 is 0 Å². The number of carbonyl (C=O) groups excluding carboxylic acids is 2. The fourth-order valence-electron chi connectivity index (χ4n) is 1.27. The Bertz CT molecular complexity index is 274. The van der Waals surface area contributed by atoms with E-state index in [1.807, 2.05) is 19.6 Å². The highest BCUT2D eigenvalue weighted by Gasteiger charge is 2.34. The van der Waals surface area contributed by atoms with Gasteiger partial charge in [-0.25, -0.2) is 0 Å². The standard InChI is InChI=1S/C11H20O3Si/c1-7-9(12)8-10(13)11(2,3)14-15(4,5)6/h7H,1,8H2,2-6H3. The van der Waals surface area contributed by atoms with Crippen molar-refractivity contribution in [1.82, 2.24) is 0 Å². The highest BCUT2D eigenvalue weighted by molar-refractivity contribution is 6.70. The number of allylic oxidation sites excluding steroid dienone is 1. The summed E-state index contributed by atoms with van der Waals surface area (Å²) in [6.45, 7) is 12.8. The third kappa shape index (κ3) is 5.64. The molecule has 0 atom stereocenters. The minimum absolute atomic E-state index is 0.124. The molecule has 0 aliphatic carbocycles. The first-order valence-corrected chi connectivity index (χ1v) is 8.38. The number of rotatable bonds is 6. The van der Waals surface area contributed by atoms with Crippen molar-refractivity contribution in [2.24, 2.45) is 0 Å². The van der Waals surface area contributed by atoms with Gasteiger partial charge in [0.25, 0.3) is 0 Å². The van der Waals surface area contributed by atoms with Crippen LogP contribution in [0.4, 0.5) is 0 Å². The molecule has 4 heteroatoms. The molecular weight excluding hydrogens is 208 g/mol. The van der Waals surface area contributed by atoms with Crippen molar-refractivity contribution in [1.29, 1.82) is 0 Å². The first-order chi connectivity index (χ1) is 6.58. The summed E-state index contributed by atoms with van der Waals surface area (Å²) in [7, 11) is -1.77. The molecule has 0 unspecified atom stereocenters. The van der Waals surface area contributed by atoms with Crippen LogP contribution in [0.1, 0.15) is 20.3 Å². The predicted molar refractivity (Wildman–Crippen MR) is 63.3 cm³/mol. The van der Waals surface area contributed by atoms with Gasteiger partial charge in [0.05, 0.1) is 6.42 Å². The van der Waals surface area contributed by atoms with Crippen LogP contribution in [0.3, 0.4) is 0 Å². The fourth-order valence-corrected chi connectivity index (χ4v) is 2.91. The molecule has 0 saturated carbocycles. The van der Waals surface area contributed by atoms with Crippen molar-refractivity contribution in [3.8, 4) is 0 Å². The van der Waals surface area contributed by atoms with Crippen molar-refractivity contribution in [3.05, 3.63) is 12.7 Å². The maximum Gasteiger partial charge on any atom is 0.185 e. The highest BCUT2D eigenvalue weighted by atomic mass is 28.4. The van der Waals surface area contributed by atoms with E-state index in [0.29, 0.717) is 0 Å². The molecule has 3 nitrogen and oxygen atoms in total. The van der Waals surface area contributed by atoms with Crippen LogP contribution in [0.25, 0.3) is 0 Å². The van der Waals surface area contributed by atoms with Gasteiger partial charge in [-0.2, -0.15) is 0 Å². The summed E-state index contributed by atoms with van der Waals surface area (Å²) in [6, 6.07) is 0. The lowest BCUT2D eigenvalue weighted by atomic mass is 9.99. The molecular formula is C11H20O3Si. The zero-order chi connectivity index (χ0) is 12.3. The van der Waals surface area contributed by atoms with Crippen molar-refractivity contribution in [2.75, 3.05) is 0 Å². The molecule has 0 spiro atoms. The molecule has 0 heterocycles. The summed E-state index contributed by atoms with van der Waals surface area (Å²) in [6.07, 6.45) is 1.05. The summed E-state index contributed by atoms with van der Waals surface area (Å²) in [4.78, 5) is 22.8. The van der Waals surface area contributed by atoms with Gasteiger partial charge in [-0.05, 0) is 39.6 Å². The SMILES string of the molecule is C=CC(=O)CC(=O)C(C)(C)O[Si](C)(C)C. The number of hydrogen-bond acceptors (Lipinski definition) is 3. The Hall–Kier alpha value is -0.743. The van der Waals surface area contributed by atoms with Gasteiger partial charge < -0.3 is 4.43 Å². The zero-order valence-electron chi connectivity index (χ0n) is 10.2. The van der Waals surface area contributed by atoms with Gasteiger partial charge in [-0.3, -0.25) is 9.59 Å². The Morgan fingerprint density at radius 1 is 1.33 bits per heavy atom. The lowest BCUT2D eigenvalue weighted by Gasteiger charge is -2.31. The maximum atomic E-state index is 11.7. The van der Waals surface area contributed by atoms with Gasteiger partial charge in [-0.15, -0.1) is 0 Å². The van der Waals surface area contributed by atoms with Crippen LogP contribution in [0.2, 0.25) is 19.6 Å². The normalized spacial score (nSPS) is 12.3. The van der Waals surface area contributed by atoms with Crippen LogP contribution in [0.15, 0.2) is 12.7 Å². The Kier molecular flexibility index (Phi) is 4.61. The molecule has 0 bridgehead atoms. The quantitative estimate of drug-likeness (QED) is 0.398. The van der Waals surface area contributed by atoms with Crippen molar-refractivity contribution >= 4 is 19.9 Å². The van der Waals surface area contributed by atoms with Crippen LogP contribution < -0.4 is 0 Å². The van der Waals surface area contributed by atoms with Crippen LogP contribution in [-0.2, 0) is 14.0 Å². The van der Waals surface area contributed by atoms with E-state index in [1.165, 1.54) is 6.08 Å². The molecule has 0 aromatic carbocycles. The predicted octanol–water partition coefficient (Wildman–Crippen LogP) is 2.33. The van der Waals surface area contributed by atoms with E-state index in [2.05, 4.69) is 6.58 Å². The number of carbonyl (C=O) groups is 2. The zero-order valence-corrected chi connectivity index (χ0v) is 11.2. The molecule has 0 N–H and O–H groups in total. The third-order valence-corrected chi connectivity index (χ3v) is 2.92. The van der Waals surface area contributed by atoms with Crippen molar-refractivity contribution in [2.45, 2.75) is 45.5 Å². The summed E-state index contributed by atoms with van der Waals surface area (Å²) in [5, 5.41) is 0. The van der Waals surface area contributed by atoms with Crippen LogP contribution in [0.5, 0.6) is 0 Å². The number of ketones is 2. The topological polar surface area (TPSA) is 43.4 Å². The van der Waals surface area contributed by atoms with Crippen molar-refractivity contribution < 1.29 is 14.0 Å². The Morgan fingerprint density at radius 3 is 2.13 bits per heavy atom. The van der Waals surface area contributed by atoms with E-state index in [1.54, 1.807) is 13.8 Å². The van der Waals surface area contributed by atoms with E-state index < -0.39 is 13.9 Å². The second-order valence-corrected chi connectivity index (χ2v) is 9.42. The molecule has 0 aromatic heterocycles. The minimum atomic E-state index is -1.77. The van der Waals surface area contributed by atoms with Crippen LogP contribution in [-0.4, -0.2) is 25.5 Å². The summed E-state index contributed by atoms with van der Waals surface area (Å²) in [5.74, 6) is -0.443. The number of hydrogen-bond donors (Lipinski definition) is 0. The second kappa shape index (κ2) is 4.85. The Morgan fingerprint density at radius 2 is 1.80 bits per heavy atom. The van der Waals surface area contributed by atoms with E-state index in [0.717, 1.165) is 0 Å². The van der Waals surface area contributed by atoms with Gasteiger partial charge >= 0.3 is 0 Å². The molecule has 0 saturated heterocycles. The molecule has 0 radical (unpaired) electrons. The maximum absolute atomic E-state index is 11.7. The molecule has 0 aromatic rings. The number of Topliss-reactive ketones (excluding diaryl/α,β-unsaturated/α-hetero) is 1. The van der Waals surface area contributed by atoms with E-state index in [4.69, 9.17) is 4.43 Å². The average molecular weight is 228 g/mol. The largest absolute Gasteiger partial charge is 0.406 e. The fraction of sp³-hybridized carbons (Fsp3) is 0.636. The first-order valence-electron chi connectivity index (χ1n) is 4.97. The van der Waals surface area contributed by atoms with Gasteiger partial charge in [0.2, 0.25) is 0 Å². The monoisotopic (exact) mass is 228 g/mol. The van der Waals surface area contributed by atoms with Crippen molar-refractivity contribution in [3.63, 3.8) is 0 Å². The lowest BCUT2D eigenvalue weighted by molar-refractivity contribution is -0.135. The summed E-state index contributed by atoms with van der Waals surface area (Å²) < 4.78 is 5.74. The molecule has 0 aliphatic rings. The lowest BCUT2D eigenvalue weighted by Crippen LogP contribution is -2.44. The molecule has 0 fully saturated rings. The second-order valence-electron chi connectivity index (χ2n) is 5.00. The highest BCUT2D eigenvalue weighted by Crippen LogP contribution is 2.19. The van der Waals surface area contributed by atoms with E-state index >= 15 is 0 Å². The summed E-state index contributed by atoms with van der Waals surface area (Å²) in [5.41, 5.74) is -0.872.